The van der Waals surface area contributed by atoms with Gasteiger partial charge in [0.05, 0.1) is 22.8 Å². The standard InChI is InChI=1S/C21H23F2N5O2/c1-14(12-29)25-17-5-3-15(19(22)20(17)24-2)11-27-7-9-28(10-8-27)18-6-4-16(13-30)26-21(18)23/h3-6,12-13,24H,7-11H2,1-2H3/b25-14-. The molecule has 30 heavy (non-hydrogen) atoms. The molecule has 2 heterocycles. The number of carbonyl (C=O) groups excluding carboxylic acids is 2. The molecule has 158 valence electrons. The number of aldehydes is 2. The predicted octanol–water partition coefficient (Wildman–Crippen LogP) is 2.83. The maximum atomic E-state index is 15.0. The molecule has 0 spiro atoms. The van der Waals surface area contributed by atoms with Crippen LogP contribution in [0.25, 0.3) is 0 Å². The summed E-state index contributed by atoms with van der Waals surface area (Å²) in [5.41, 5.74) is 1.81. The fourth-order valence-electron chi connectivity index (χ4n) is 3.41. The van der Waals surface area contributed by atoms with Gasteiger partial charge in [0.25, 0.3) is 0 Å². The first-order valence-electron chi connectivity index (χ1n) is 9.55. The maximum Gasteiger partial charge on any atom is 0.237 e. The van der Waals surface area contributed by atoms with Crippen LogP contribution < -0.4 is 10.2 Å². The highest BCUT2D eigenvalue weighted by Crippen LogP contribution is 2.31. The van der Waals surface area contributed by atoms with Gasteiger partial charge in [-0.15, -0.1) is 0 Å². The van der Waals surface area contributed by atoms with Crippen molar-refractivity contribution in [2.75, 3.05) is 43.4 Å². The Balaban J connectivity index is 1.69. The number of benzene rings is 1. The molecule has 1 aromatic heterocycles. The summed E-state index contributed by atoms with van der Waals surface area (Å²) < 4.78 is 29.1. The molecule has 9 heteroatoms. The minimum atomic E-state index is -0.667. The minimum absolute atomic E-state index is 0.0572. The van der Waals surface area contributed by atoms with Gasteiger partial charge in [0.1, 0.15) is 5.69 Å². The van der Waals surface area contributed by atoms with Gasteiger partial charge in [0.15, 0.2) is 18.4 Å². The Hall–Kier alpha value is -3.20. The summed E-state index contributed by atoms with van der Waals surface area (Å²) in [5.74, 6) is -1.07. The lowest BCUT2D eigenvalue weighted by molar-refractivity contribution is -0.102. The molecule has 1 aromatic carbocycles. The highest BCUT2D eigenvalue weighted by Gasteiger charge is 2.22. The first-order chi connectivity index (χ1) is 14.5. The van der Waals surface area contributed by atoms with Gasteiger partial charge in [-0.2, -0.15) is 4.39 Å². The summed E-state index contributed by atoms with van der Waals surface area (Å²) in [6.45, 7) is 4.31. The highest BCUT2D eigenvalue weighted by atomic mass is 19.1. The number of nitrogens with one attached hydrogen (secondary N) is 1. The Bertz CT molecular complexity index is 972. The smallest absolute Gasteiger partial charge is 0.237 e. The van der Waals surface area contributed by atoms with E-state index in [4.69, 9.17) is 0 Å². The van der Waals surface area contributed by atoms with Crippen LogP contribution >= 0.6 is 0 Å². The number of hydrogen-bond donors (Lipinski definition) is 1. The predicted molar refractivity (Wildman–Crippen MR) is 112 cm³/mol. The van der Waals surface area contributed by atoms with Gasteiger partial charge >= 0.3 is 0 Å². The van der Waals surface area contributed by atoms with Crippen LogP contribution in [0.4, 0.5) is 25.8 Å². The van der Waals surface area contributed by atoms with Crippen molar-refractivity contribution < 1.29 is 18.4 Å². The minimum Gasteiger partial charge on any atom is -0.384 e. The van der Waals surface area contributed by atoms with E-state index in [-0.39, 0.29) is 17.1 Å². The topological polar surface area (TPSA) is 77.9 Å². The van der Waals surface area contributed by atoms with E-state index in [0.29, 0.717) is 62.2 Å². The molecule has 0 unspecified atom stereocenters. The van der Waals surface area contributed by atoms with Gasteiger partial charge in [0.2, 0.25) is 5.95 Å². The quantitative estimate of drug-likeness (QED) is 0.426. The molecule has 1 N–H and O–H groups in total. The number of anilines is 2. The van der Waals surface area contributed by atoms with Crippen LogP contribution in [0.1, 0.15) is 23.0 Å². The molecule has 3 rings (SSSR count). The fraction of sp³-hybridized carbons (Fsp3) is 0.333. The summed E-state index contributed by atoms with van der Waals surface area (Å²) in [4.78, 5) is 33.2. The number of pyridine rings is 1. The van der Waals surface area contributed by atoms with Gasteiger partial charge in [0, 0.05) is 45.3 Å². The number of halogens is 2. The lowest BCUT2D eigenvalue weighted by Crippen LogP contribution is -2.46. The first kappa shape index (κ1) is 21.5. The van der Waals surface area contributed by atoms with Crippen molar-refractivity contribution in [1.82, 2.24) is 9.88 Å². The molecule has 0 atom stereocenters. The average Bonchev–Trinajstić information content (AvgIpc) is 2.76. The van der Waals surface area contributed by atoms with E-state index in [1.807, 2.05) is 4.90 Å². The third kappa shape index (κ3) is 4.68. The van der Waals surface area contributed by atoms with Crippen molar-refractivity contribution in [3.05, 3.63) is 47.3 Å². The molecule has 0 bridgehead atoms. The number of rotatable bonds is 7. The summed E-state index contributed by atoms with van der Waals surface area (Å²) in [6.07, 6.45) is 1.13. The Morgan fingerprint density at radius 1 is 1.17 bits per heavy atom. The van der Waals surface area contributed by atoms with Crippen LogP contribution in [0.2, 0.25) is 0 Å². The third-order valence-electron chi connectivity index (χ3n) is 5.00. The molecule has 0 saturated carbocycles. The van der Waals surface area contributed by atoms with E-state index in [1.165, 1.54) is 6.07 Å². The Kier molecular flexibility index (Phi) is 6.83. The van der Waals surface area contributed by atoms with Crippen LogP contribution in [-0.2, 0) is 11.3 Å². The Morgan fingerprint density at radius 2 is 1.90 bits per heavy atom. The monoisotopic (exact) mass is 415 g/mol. The van der Waals surface area contributed by atoms with Crippen molar-refractivity contribution in [3.63, 3.8) is 0 Å². The first-order valence-corrected chi connectivity index (χ1v) is 9.55. The van der Waals surface area contributed by atoms with Crippen LogP contribution in [-0.4, -0.2) is 61.4 Å². The molecular weight excluding hydrogens is 392 g/mol. The summed E-state index contributed by atoms with van der Waals surface area (Å²) in [7, 11) is 1.61. The van der Waals surface area contributed by atoms with Crippen molar-refractivity contribution in [3.8, 4) is 0 Å². The van der Waals surface area contributed by atoms with Crippen molar-refractivity contribution in [2.45, 2.75) is 13.5 Å². The largest absolute Gasteiger partial charge is 0.384 e. The summed E-state index contributed by atoms with van der Waals surface area (Å²) >= 11 is 0. The number of piperazine rings is 1. The van der Waals surface area contributed by atoms with Gasteiger partial charge in [-0.3, -0.25) is 14.5 Å². The van der Waals surface area contributed by atoms with E-state index in [1.54, 1.807) is 32.2 Å². The van der Waals surface area contributed by atoms with Crippen LogP contribution in [0, 0.1) is 11.8 Å². The zero-order valence-electron chi connectivity index (χ0n) is 16.9. The zero-order chi connectivity index (χ0) is 21.7. The second-order valence-electron chi connectivity index (χ2n) is 6.98. The third-order valence-corrected chi connectivity index (χ3v) is 5.00. The lowest BCUT2D eigenvalue weighted by Gasteiger charge is -2.36. The molecule has 2 aromatic rings. The van der Waals surface area contributed by atoms with Gasteiger partial charge in [-0.1, -0.05) is 6.07 Å². The van der Waals surface area contributed by atoms with Gasteiger partial charge in [-0.25, -0.2) is 14.4 Å². The molecule has 1 aliphatic rings. The summed E-state index contributed by atoms with van der Waals surface area (Å²) in [5, 5.41) is 2.82. The van der Waals surface area contributed by atoms with Gasteiger partial charge < -0.3 is 10.2 Å². The molecule has 0 radical (unpaired) electrons. The Morgan fingerprint density at radius 3 is 2.50 bits per heavy atom. The number of aliphatic imine (C=N–C) groups is 1. The average molecular weight is 415 g/mol. The van der Waals surface area contributed by atoms with Gasteiger partial charge in [-0.05, 0) is 25.1 Å². The second kappa shape index (κ2) is 9.53. The van der Waals surface area contributed by atoms with Crippen LogP contribution in [0.3, 0.4) is 0 Å². The van der Waals surface area contributed by atoms with E-state index in [0.717, 1.165) is 0 Å². The fourth-order valence-corrected chi connectivity index (χ4v) is 3.41. The molecule has 0 amide bonds. The number of nitrogens with zero attached hydrogens (tertiary/aromatic N) is 4. The second-order valence-corrected chi connectivity index (χ2v) is 6.98. The van der Waals surface area contributed by atoms with Crippen molar-refractivity contribution >= 4 is 35.3 Å². The van der Waals surface area contributed by atoms with E-state index in [2.05, 4.69) is 20.2 Å². The molecule has 1 fully saturated rings. The molecule has 7 nitrogen and oxygen atoms in total. The van der Waals surface area contributed by atoms with E-state index in [9.17, 15) is 18.4 Å². The number of carbonyl (C=O) groups is 2. The van der Waals surface area contributed by atoms with Crippen LogP contribution in [0.5, 0.6) is 0 Å². The number of hydrogen-bond acceptors (Lipinski definition) is 7. The molecular formula is C21H23F2N5O2. The molecule has 1 saturated heterocycles. The van der Waals surface area contributed by atoms with Crippen LogP contribution in [0.15, 0.2) is 29.3 Å². The molecule has 0 aliphatic carbocycles. The highest BCUT2D eigenvalue weighted by molar-refractivity contribution is 6.27. The van der Waals surface area contributed by atoms with Crippen molar-refractivity contribution in [2.24, 2.45) is 4.99 Å². The van der Waals surface area contributed by atoms with E-state index >= 15 is 0 Å². The lowest BCUT2D eigenvalue weighted by atomic mass is 10.1. The maximum absolute atomic E-state index is 15.0. The Labute approximate surface area is 173 Å². The SMILES string of the molecule is CNc1c(/N=C(/C)C=O)ccc(CN2CCN(c3ccc(C=O)nc3F)CC2)c1F. The zero-order valence-corrected chi connectivity index (χ0v) is 16.9. The number of aromatic nitrogens is 1. The molecule has 1 aliphatic heterocycles. The van der Waals surface area contributed by atoms with Crippen molar-refractivity contribution in [1.29, 1.82) is 0 Å². The normalized spacial score (nSPS) is 15.2. The summed E-state index contributed by atoms with van der Waals surface area (Å²) in [6, 6.07) is 6.40. The van der Waals surface area contributed by atoms with E-state index < -0.39 is 11.8 Å².